The van der Waals surface area contributed by atoms with Gasteiger partial charge in [-0.15, -0.1) is 0 Å². The van der Waals surface area contributed by atoms with E-state index < -0.39 is 0 Å². The Hall–Kier alpha value is -3.11. The molecule has 4 rings (SSSR count). The van der Waals surface area contributed by atoms with Crippen LogP contribution in [0.15, 0.2) is 72.8 Å². The quantitative estimate of drug-likeness (QED) is 0.616. The lowest BCUT2D eigenvalue weighted by atomic mass is 10.0. The zero-order chi connectivity index (χ0) is 20.1. The van der Waals surface area contributed by atoms with Gasteiger partial charge in [0.2, 0.25) is 5.91 Å². The van der Waals surface area contributed by atoms with E-state index in [0.29, 0.717) is 0 Å². The largest absolute Gasteiger partial charge is 0.496 e. The van der Waals surface area contributed by atoms with Gasteiger partial charge in [-0.3, -0.25) is 9.69 Å². The number of carbonyl (C=O) groups is 1. The van der Waals surface area contributed by atoms with Gasteiger partial charge >= 0.3 is 0 Å². The molecule has 148 valence electrons. The Morgan fingerprint density at radius 2 is 1.59 bits per heavy atom. The average Bonchev–Trinajstić information content (AvgIpc) is 2.78. The molecule has 1 aliphatic heterocycles. The number of rotatable bonds is 5. The summed E-state index contributed by atoms with van der Waals surface area (Å²) in [5, 5.41) is 2.14. The summed E-state index contributed by atoms with van der Waals surface area (Å²) in [5.74, 6) is 0.919. The monoisotopic (exact) mass is 386 g/mol. The lowest BCUT2D eigenvalue weighted by molar-refractivity contribution is -0.127. The Morgan fingerprint density at radius 3 is 2.31 bits per heavy atom. The van der Waals surface area contributed by atoms with E-state index in [1.165, 1.54) is 5.56 Å². The third-order valence-corrected chi connectivity index (χ3v) is 5.48. The topological polar surface area (TPSA) is 32.8 Å². The maximum Gasteiger partial charge on any atom is 0.246 e. The molecule has 1 amide bonds. The first-order valence-electron chi connectivity index (χ1n) is 10.0. The molecule has 4 heteroatoms. The van der Waals surface area contributed by atoms with Crippen LogP contribution < -0.4 is 4.74 Å². The molecule has 1 fully saturated rings. The van der Waals surface area contributed by atoms with Gasteiger partial charge < -0.3 is 9.64 Å². The van der Waals surface area contributed by atoms with Crippen molar-refractivity contribution in [3.05, 3.63) is 83.9 Å². The normalized spacial score (nSPS) is 15.1. The highest BCUT2D eigenvalue weighted by Crippen LogP contribution is 2.29. The van der Waals surface area contributed by atoms with Crippen LogP contribution in [0.3, 0.4) is 0 Å². The molecule has 0 aliphatic carbocycles. The fourth-order valence-corrected chi connectivity index (χ4v) is 3.85. The summed E-state index contributed by atoms with van der Waals surface area (Å²) in [6.07, 6.45) is 3.61. The predicted octanol–water partition coefficient (Wildman–Crippen LogP) is 4.21. The average molecular weight is 386 g/mol. The molecule has 3 aromatic rings. The van der Waals surface area contributed by atoms with Crippen molar-refractivity contribution >= 4 is 22.8 Å². The van der Waals surface area contributed by atoms with Crippen LogP contribution in [0.4, 0.5) is 0 Å². The third-order valence-electron chi connectivity index (χ3n) is 5.48. The number of ether oxygens (including phenoxy) is 1. The summed E-state index contributed by atoms with van der Waals surface area (Å²) in [6.45, 7) is 4.27. The summed E-state index contributed by atoms with van der Waals surface area (Å²) in [5.41, 5.74) is 2.34. The molecule has 0 atom stereocenters. The third kappa shape index (κ3) is 4.49. The first-order chi connectivity index (χ1) is 14.2. The van der Waals surface area contributed by atoms with Crippen LogP contribution in [-0.4, -0.2) is 49.0 Å². The van der Waals surface area contributed by atoms with Crippen molar-refractivity contribution in [2.75, 3.05) is 33.3 Å². The standard InChI is InChI=1S/C25H26N2O2/c1-29-24-13-11-21(22-9-5-6-10-23(22)24)12-14-25(28)27-17-15-26(16-18-27)19-20-7-3-2-4-8-20/h2-14H,15-19H2,1H3. The van der Waals surface area contributed by atoms with Crippen molar-refractivity contribution in [2.24, 2.45) is 0 Å². The highest BCUT2D eigenvalue weighted by Gasteiger charge is 2.19. The second kappa shape index (κ2) is 8.93. The Labute approximate surface area is 172 Å². The summed E-state index contributed by atoms with van der Waals surface area (Å²) in [7, 11) is 1.68. The molecule has 0 unspecified atom stereocenters. The number of amides is 1. The lowest BCUT2D eigenvalue weighted by Gasteiger charge is -2.34. The van der Waals surface area contributed by atoms with E-state index in [9.17, 15) is 4.79 Å². The first kappa shape index (κ1) is 19.2. The van der Waals surface area contributed by atoms with Gasteiger partial charge in [0.05, 0.1) is 7.11 Å². The number of carbonyl (C=O) groups excluding carboxylic acids is 1. The Morgan fingerprint density at radius 1 is 0.897 bits per heavy atom. The lowest BCUT2D eigenvalue weighted by Crippen LogP contribution is -2.47. The van der Waals surface area contributed by atoms with E-state index in [1.54, 1.807) is 13.2 Å². The fraction of sp³-hybridized carbons (Fsp3) is 0.240. The maximum atomic E-state index is 12.7. The molecule has 0 saturated carbocycles. The minimum Gasteiger partial charge on any atom is -0.496 e. The minimum atomic E-state index is 0.0734. The van der Waals surface area contributed by atoms with Crippen molar-refractivity contribution in [3.63, 3.8) is 0 Å². The van der Waals surface area contributed by atoms with Crippen LogP contribution in [0.25, 0.3) is 16.8 Å². The number of hydrogen-bond donors (Lipinski definition) is 0. The van der Waals surface area contributed by atoms with Crippen LogP contribution in [0.2, 0.25) is 0 Å². The molecule has 4 nitrogen and oxygen atoms in total. The van der Waals surface area contributed by atoms with E-state index in [0.717, 1.165) is 54.8 Å². The molecule has 0 bridgehead atoms. The van der Waals surface area contributed by atoms with E-state index in [2.05, 4.69) is 35.2 Å². The van der Waals surface area contributed by atoms with Crippen molar-refractivity contribution in [2.45, 2.75) is 6.54 Å². The summed E-state index contributed by atoms with van der Waals surface area (Å²) in [4.78, 5) is 17.0. The van der Waals surface area contributed by atoms with Gasteiger partial charge in [-0.05, 0) is 28.7 Å². The number of hydrogen-bond acceptors (Lipinski definition) is 3. The zero-order valence-corrected chi connectivity index (χ0v) is 16.8. The summed E-state index contributed by atoms with van der Waals surface area (Å²) < 4.78 is 5.45. The van der Waals surface area contributed by atoms with E-state index in [1.807, 2.05) is 47.4 Å². The van der Waals surface area contributed by atoms with E-state index in [-0.39, 0.29) is 5.91 Å². The number of benzene rings is 3. The number of fused-ring (bicyclic) bond motifs is 1. The molecule has 0 spiro atoms. The van der Waals surface area contributed by atoms with Gasteiger partial charge in [0.1, 0.15) is 5.75 Å². The number of methoxy groups -OCH3 is 1. The van der Waals surface area contributed by atoms with Gasteiger partial charge in [0.15, 0.2) is 0 Å². The zero-order valence-electron chi connectivity index (χ0n) is 16.8. The minimum absolute atomic E-state index is 0.0734. The molecule has 29 heavy (non-hydrogen) atoms. The fourth-order valence-electron chi connectivity index (χ4n) is 3.85. The van der Waals surface area contributed by atoms with E-state index in [4.69, 9.17) is 4.74 Å². The van der Waals surface area contributed by atoms with Crippen LogP contribution >= 0.6 is 0 Å². The Kier molecular flexibility index (Phi) is 5.92. The van der Waals surface area contributed by atoms with E-state index >= 15 is 0 Å². The van der Waals surface area contributed by atoms with Crippen LogP contribution in [0, 0.1) is 0 Å². The molecule has 0 radical (unpaired) electrons. The predicted molar refractivity (Wildman–Crippen MR) is 118 cm³/mol. The number of piperazine rings is 1. The van der Waals surface area contributed by atoms with Crippen molar-refractivity contribution in [1.29, 1.82) is 0 Å². The molecule has 0 aromatic heterocycles. The van der Waals surface area contributed by atoms with Gasteiger partial charge in [-0.25, -0.2) is 0 Å². The molecule has 0 N–H and O–H groups in total. The van der Waals surface area contributed by atoms with Crippen LogP contribution in [-0.2, 0) is 11.3 Å². The first-order valence-corrected chi connectivity index (χ1v) is 10.0. The van der Waals surface area contributed by atoms with Crippen LogP contribution in [0.1, 0.15) is 11.1 Å². The highest BCUT2D eigenvalue weighted by molar-refractivity contribution is 5.98. The van der Waals surface area contributed by atoms with Gasteiger partial charge in [0, 0.05) is 44.2 Å². The van der Waals surface area contributed by atoms with Crippen LogP contribution in [0.5, 0.6) is 5.75 Å². The summed E-state index contributed by atoms with van der Waals surface area (Å²) >= 11 is 0. The van der Waals surface area contributed by atoms with Crippen molar-refractivity contribution in [1.82, 2.24) is 9.80 Å². The molecule has 1 saturated heterocycles. The van der Waals surface area contributed by atoms with Gasteiger partial charge in [0.25, 0.3) is 0 Å². The van der Waals surface area contributed by atoms with Crippen molar-refractivity contribution in [3.8, 4) is 5.75 Å². The SMILES string of the molecule is COc1ccc(C=CC(=O)N2CCN(Cc3ccccc3)CC2)c2ccccc12. The van der Waals surface area contributed by atoms with Gasteiger partial charge in [-0.2, -0.15) is 0 Å². The molecular formula is C25H26N2O2. The van der Waals surface area contributed by atoms with Gasteiger partial charge in [-0.1, -0.05) is 60.7 Å². The smallest absolute Gasteiger partial charge is 0.246 e. The Bertz CT molecular complexity index is 1010. The molecular weight excluding hydrogens is 360 g/mol. The Balaban J connectivity index is 1.39. The second-order valence-electron chi connectivity index (χ2n) is 7.32. The highest BCUT2D eigenvalue weighted by atomic mass is 16.5. The molecule has 1 aliphatic rings. The second-order valence-corrected chi connectivity index (χ2v) is 7.32. The maximum absolute atomic E-state index is 12.7. The number of nitrogens with zero attached hydrogens (tertiary/aromatic N) is 2. The van der Waals surface area contributed by atoms with Crippen molar-refractivity contribution < 1.29 is 9.53 Å². The molecule has 3 aromatic carbocycles. The summed E-state index contributed by atoms with van der Waals surface area (Å²) in [6, 6.07) is 22.6. The molecule has 1 heterocycles.